The third-order valence-electron chi connectivity index (χ3n) is 7.09. The molecule has 0 radical (unpaired) electrons. The summed E-state index contributed by atoms with van der Waals surface area (Å²) in [4.78, 5) is 25.2. The minimum absolute atomic E-state index is 0. The van der Waals surface area contributed by atoms with Gasteiger partial charge in [0.2, 0.25) is 5.91 Å². The fourth-order valence-corrected chi connectivity index (χ4v) is 5.22. The molecule has 8 nitrogen and oxygen atoms in total. The zero-order valence-electron chi connectivity index (χ0n) is 18.6. The second kappa shape index (κ2) is 8.53. The number of fused-ring (bicyclic) bond motifs is 1. The number of carbonyl (C=O) groups is 1. The first-order valence-corrected chi connectivity index (χ1v) is 11.5. The Kier molecular flexibility index (Phi) is 5.67. The lowest BCUT2D eigenvalue weighted by Gasteiger charge is -2.48. The Hall–Kier alpha value is -3.21. The fourth-order valence-electron chi connectivity index (χ4n) is 5.22. The van der Waals surface area contributed by atoms with Gasteiger partial charge in [0.25, 0.3) is 0 Å². The molecule has 11 heteroatoms. The Morgan fingerprint density at radius 1 is 1.09 bits per heavy atom. The van der Waals surface area contributed by atoms with Crippen molar-refractivity contribution in [3.05, 3.63) is 36.0 Å². The van der Waals surface area contributed by atoms with E-state index in [1.807, 2.05) is 4.90 Å². The number of H-pyrrole nitrogens is 1. The molecule has 3 aromatic rings. The van der Waals surface area contributed by atoms with Gasteiger partial charge < -0.3 is 10.6 Å². The zero-order valence-corrected chi connectivity index (χ0v) is 18.6. The number of halogens is 3. The van der Waals surface area contributed by atoms with E-state index >= 15 is 0 Å². The molecule has 2 fully saturated rings. The number of nitrogens with one attached hydrogen (secondary N) is 1. The van der Waals surface area contributed by atoms with Crippen molar-refractivity contribution in [2.24, 2.45) is 5.73 Å². The summed E-state index contributed by atoms with van der Waals surface area (Å²) in [6.45, 7) is 2.63. The summed E-state index contributed by atoms with van der Waals surface area (Å²) in [6, 6.07) is 5.76. The average molecular weight is 480 g/mol. The standard InChI is InChI=1S/C23H26F3N7O.3H2/c24-23(25,26)16-6-7-17(29-19(16)18-15-5-4-10-28-20(15)31-30-18)32-13-8-22(9-14-32,21(27)34)33-11-2-1-3-12-33;;;/h4-7,10H,1-3,8-9,11-14H2,(H2,27,34)(H,28,30,31);3*1H. The molecule has 34 heavy (non-hydrogen) atoms. The van der Waals surface area contributed by atoms with E-state index in [-0.39, 0.29) is 21.6 Å². The van der Waals surface area contributed by atoms with E-state index in [1.165, 1.54) is 12.3 Å². The highest BCUT2D eigenvalue weighted by molar-refractivity contribution is 5.90. The number of likely N-dealkylation sites (tertiary alicyclic amines) is 1. The molecule has 186 valence electrons. The summed E-state index contributed by atoms with van der Waals surface area (Å²) in [5.41, 5.74) is 4.59. The van der Waals surface area contributed by atoms with Gasteiger partial charge in [-0.05, 0) is 63.0 Å². The Bertz CT molecular complexity index is 1210. The molecule has 0 aliphatic carbocycles. The molecule has 1 amide bonds. The molecule has 2 aliphatic rings. The van der Waals surface area contributed by atoms with Gasteiger partial charge in [0, 0.05) is 29.0 Å². The van der Waals surface area contributed by atoms with E-state index in [9.17, 15) is 18.0 Å². The van der Waals surface area contributed by atoms with Crippen molar-refractivity contribution < 1.29 is 22.2 Å². The smallest absolute Gasteiger partial charge is 0.368 e. The van der Waals surface area contributed by atoms with Crippen molar-refractivity contribution in [3.8, 4) is 11.4 Å². The molecule has 0 spiro atoms. The molecule has 3 aromatic heterocycles. The van der Waals surface area contributed by atoms with Crippen molar-refractivity contribution in [1.29, 1.82) is 0 Å². The summed E-state index contributed by atoms with van der Waals surface area (Å²) in [6.07, 6.45) is 1.19. The van der Waals surface area contributed by atoms with Gasteiger partial charge in [0.15, 0.2) is 5.65 Å². The van der Waals surface area contributed by atoms with Crippen molar-refractivity contribution in [2.75, 3.05) is 31.1 Å². The van der Waals surface area contributed by atoms with Crippen molar-refractivity contribution in [3.63, 3.8) is 0 Å². The van der Waals surface area contributed by atoms with Crippen LogP contribution in [0, 0.1) is 0 Å². The molecular formula is C23H32F3N7O. The normalized spacial score (nSPS) is 19.4. The topological polar surface area (TPSA) is 104 Å². The number of pyridine rings is 2. The Morgan fingerprint density at radius 2 is 1.82 bits per heavy atom. The number of nitrogens with two attached hydrogens (primary N) is 1. The number of rotatable bonds is 4. The van der Waals surface area contributed by atoms with Crippen LogP contribution in [-0.4, -0.2) is 62.7 Å². The minimum atomic E-state index is -4.59. The maximum Gasteiger partial charge on any atom is 0.418 e. The fraction of sp³-hybridized carbons (Fsp3) is 0.478. The molecule has 0 saturated carbocycles. The number of anilines is 1. The van der Waals surface area contributed by atoms with E-state index in [0.717, 1.165) is 38.4 Å². The van der Waals surface area contributed by atoms with Gasteiger partial charge in [0.05, 0.1) is 11.3 Å². The van der Waals surface area contributed by atoms with Crippen LogP contribution >= 0.6 is 0 Å². The van der Waals surface area contributed by atoms with Gasteiger partial charge >= 0.3 is 6.18 Å². The summed E-state index contributed by atoms with van der Waals surface area (Å²) in [5, 5.41) is 7.19. The first kappa shape index (κ1) is 22.6. The van der Waals surface area contributed by atoms with Gasteiger partial charge in [-0.15, -0.1) is 0 Å². The van der Waals surface area contributed by atoms with Crippen molar-refractivity contribution in [2.45, 2.75) is 43.8 Å². The number of aromatic nitrogens is 4. The van der Waals surface area contributed by atoms with Crippen molar-refractivity contribution >= 4 is 22.8 Å². The number of primary amides is 1. The quantitative estimate of drug-likeness (QED) is 0.584. The number of aromatic amines is 1. The van der Waals surface area contributed by atoms with Gasteiger partial charge in [-0.2, -0.15) is 18.3 Å². The summed E-state index contributed by atoms with van der Waals surface area (Å²) >= 11 is 0. The summed E-state index contributed by atoms with van der Waals surface area (Å²) in [5.74, 6) is 0.0953. The van der Waals surface area contributed by atoms with E-state index in [4.69, 9.17) is 5.73 Å². The van der Waals surface area contributed by atoms with Crippen LogP contribution in [0.2, 0.25) is 0 Å². The molecule has 5 heterocycles. The number of hydrogen-bond acceptors (Lipinski definition) is 6. The highest BCUT2D eigenvalue weighted by atomic mass is 19.4. The van der Waals surface area contributed by atoms with Crippen LogP contribution in [0.5, 0.6) is 0 Å². The lowest BCUT2D eigenvalue weighted by atomic mass is 9.83. The molecule has 2 saturated heterocycles. The third kappa shape index (κ3) is 3.87. The Morgan fingerprint density at radius 3 is 2.50 bits per heavy atom. The number of alkyl halides is 3. The van der Waals surface area contributed by atoms with Crippen LogP contribution in [0.3, 0.4) is 0 Å². The monoisotopic (exact) mass is 479 g/mol. The number of amides is 1. The lowest BCUT2D eigenvalue weighted by Crippen LogP contribution is -2.63. The van der Waals surface area contributed by atoms with Gasteiger partial charge in [-0.1, -0.05) is 6.42 Å². The minimum Gasteiger partial charge on any atom is -0.368 e. The maximum absolute atomic E-state index is 13.9. The molecule has 5 rings (SSSR count). The zero-order chi connectivity index (χ0) is 23.9. The average Bonchev–Trinajstić information content (AvgIpc) is 3.28. The predicted molar refractivity (Wildman–Crippen MR) is 127 cm³/mol. The van der Waals surface area contributed by atoms with Crippen molar-refractivity contribution in [1.82, 2.24) is 25.1 Å². The summed E-state index contributed by atoms with van der Waals surface area (Å²) in [7, 11) is 0. The largest absolute Gasteiger partial charge is 0.418 e. The van der Waals surface area contributed by atoms with E-state index in [0.29, 0.717) is 42.8 Å². The van der Waals surface area contributed by atoms with Crippen LogP contribution in [0.1, 0.15) is 41.9 Å². The van der Waals surface area contributed by atoms with Crippen LogP contribution < -0.4 is 10.6 Å². The Labute approximate surface area is 198 Å². The maximum atomic E-state index is 13.9. The first-order chi connectivity index (χ1) is 16.3. The van der Waals surface area contributed by atoms with E-state index in [1.54, 1.807) is 12.1 Å². The van der Waals surface area contributed by atoms with Crippen LogP contribution in [0.25, 0.3) is 22.4 Å². The Balaban J connectivity index is 0.00000160. The number of carbonyl (C=O) groups excluding carboxylic acids is 1. The highest BCUT2D eigenvalue weighted by Gasteiger charge is 2.45. The first-order valence-electron chi connectivity index (χ1n) is 11.5. The number of hydrogen-bond donors (Lipinski definition) is 2. The molecule has 3 N–H and O–H groups in total. The summed E-state index contributed by atoms with van der Waals surface area (Å²) < 4.78 is 41.6. The molecule has 2 aliphatic heterocycles. The predicted octanol–water partition coefficient (Wildman–Crippen LogP) is 4.09. The third-order valence-corrected chi connectivity index (χ3v) is 7.09. The lowest BCUT2D eigenvalue weighted by molar-refractivity contribution is -0.137. The molecule has 0 aromatic carbocycles. The molecular weight excluding hydrogens is 447 g/mol. The van der Waals surface area contributed by atoms with Crippen LogP contribution in [0.15, 0.2) is 30.5 Å². The van der Waals surface area contributed by atoms with Crippen LogP contribution in [0.4, 0.5) is 19.0 Å². The van der Waals surface area contributed by atoms with Gasteiger partial charge in [-0.3, -0.25) is 14.8 Å². The SMILES string of the molecule is NC(=O)C1(N2CCCCC2)CCN(c2ccc(C(F)(F)F)c(-c3[nH]nc4ncccc34)n2)CC1.[HH].[HH].[HH]. The second-order valence-electron chi connectivity index (χ2n) is 8.97. The second-order valence-corrected chi connectivity index (χ2v) is 8.97. The van der Waals surface area contributed by atoms with Crippen LogP contribution in [-0.2, 0) is 11.0 Å². The number of piperidine rings is 2. The number of nitrogens with zero attached hydrogens (tertiary/aromatic N) is 5. The van der Waals surface area contributed by atoms with E-state index in [2.05, 4.69) is 25.1 Å². The van der Waals surface area contributed by atoms with Gasteiger partial charge in [-0.25, -0.2) is 9.97 Å². The van der Waals surface area contributed by atoms with Gasteiger partial charge in [0.1, 0.15) is 17.1 Å². The molecule has 0 bridgehead atoms. The van der Waals surface area contributed by atoms with E-state index < -0.39 is 17.3 Å². The molecule has 0 unspecified atom stereocenters. The molecule has 0 atom stereocenters. The highest BCUT2D eigenvalue weighted by Crippen LogP contribution is 2.39.